The lowest BCUT2D eigenvalue weighted by molar-refractivity contribution is 0.457. The summed E-state index contributed by atoms with van der Waals surface area (Å²) in [7, 11) is 1.93. The van der Waals surface area contributed by atoms with Crippen molar-refractivity contribution in [1.82, 2.24) is 5.32 Å². The highest BCUT2D eigenvalue weighted by Gasteiger charge is 2.13. The molecule has 0 saturated carbocycles. The smallest absolute Gasteiger partial charge is 0.137 e. The van der Waals surface area contributed by atoms with Crippen molar-refractivity contribution in [2.75, 3.05) is 7.05 Å². The Bertz CT molecular complexity index is 584. The van der Waals surface area contributed by atoms with Crippen LogP contribution in [0.2, 0.25) is 0 Å². The SMILES string of the molecule is CCC(NC)c1ccccc1Oc1ccc(F)c(Br)c1. The lowest BCUT2D eigenvalue weighted by atomic mass is 10.0. The zero-order valence-electron chi connectivity index (χ0n) is 11.5. The van der Waals surface area contributed by atoms with Crippen LogP contribution in [-0.2, 0) is 0 Å². The van der Waals surface area contributed by atoms with Gasteiger partial charge in [0, 0.05) is 11.6 Å². The molecule has 1 N–H and O–H groups in total. The van der Waals surface area contributed by atoms with Gasteiger partial charge in [-0.2, -0.15) is 0 Å². The first kappa shape index (κ1) is 15.0. The van der Waals surface area contributed by atoms with E-state index in [0.717, 1.165) is 17.7 Å². The van der Waals surface area contributed by atoms with Gasteiger partial charge in [-0.1, -0.05) is 25.1 Å². The van der Waals surface area contributed by atoms with Gasteiger partial charge >= 0.3 is 0 Å². The van der Waals surface area contributed by atoms with Crippen molar-refractivity contribution in [3.05, 3.63) is 58.3 Å². The van der Waals surface area contributed by atoms with Crippen molar-refractivity contribution in [3.63, 3.8) is 0 Å². The molecule has 0 spiro atoms. The van der Waals surface area contributed by atoms with Crippen LogP contribution in [0, 0.1) is 5.82 Å². The van der Waals surface area contributed by atoms with E-state index in [1.165, 1.54) is 6.07 Å². The van der Waals surface area contributed by atoms with Crippen molar-refractivity contribution in [1.29, 1.82) is 0 Å². The third kappa shape index (κ3) is 3.38. The van der Waals surface area contributed by atoms with Crippen LogP contribution in [-0.4, -0.2) is 7.05 Å². The molecular weight excluding hydrogens is 321 g/mol. The maximum atomic E-state index is 13.2. The third-order valence-electron chi connectivity index (χ3n) is 3.17. The molecule has 0 aliphatic heterocycles. The van der Waals surface area contributed by atoms with Gasteiger partial charge < -0.3 is 10.1 Å². The zero-order chi connectivity index (χ0) is 14.5. The van der Waals surface area contributed by atoms with Crippen molar-refractivity contribution in [2.45, 2.75) is 19.4 Å². The summed E-state index contributed by atoms with van der Waals surface area (Å²) in [6.45, 7) is 2.12. The maximum absolute atomic E-state index is 13.2. The number of ether oxygens (including phenoxy) is 1. The average Bonchev–Trinajstić information content (AvgIpc) is 2.46. The molecule has 2 aromatic rings. The lowest BCUT2D eigenvalue weighted by Gasteiger charge is -2.18. The number of para-hydroxylation sites is 1. The second-order valence-electron chi connectivity index (χ2n) is 4.47. The molecule has 0 radical (unpaired) electrons. The van der Waals surface area contributed by atoms with E-state index in [1.54, 1.807) is 12.1 Å². The molecule has 2 rings (SSSR count). The van der Waals surface area contributed by atoms with Crippen LogP contribution in [0.3, 0.4) is 0 Å². The first-order chi connectivity index (χ1) is 9.65. The Kier molecular flexibility index (Phi) is 5.15. The quantitative estimate of drug-likeness (QED) is 0.824. The Morgan fingerprint density at radius 3 is 2.65 bits per heavy atom. The summed E-state index contributed by atoms with van der Waals surface area (Å²) in [5.74, 6) is 1.09. The molecule has 4 heteroatoms. The average molecular weight is 338 g/mol. The molecule has 0 aromatic heterocycles. The standard InChI is InChI=1S/C16H17BrFNO/c1-3-15(19-2)12-6-4-5-7-16(12)20-11-8-9-14(18)13(17)10-11/h4-10,15,19H,3H2,1-2H3. The second kappa shape index (κ2) is 6.86. The van der Waals surface area contributed by atoms with Gasteiger partial charge in [-0.15, -0.1) is 0 Å². The van der Waals surface area contributed by atoms with Gasteiger partial charge in [0.1, 0.15) is 17.3 Å². The predicted octanol–water partition coefficient (Wildman–Crippen LogP) is 5.05. The van der Waals surface area contributed by atoms with E-state index >= 15 is 0 Å². The van der Waals surface area contributed by atoms with Crippen molar-refractivity contribution in [3.8, 4) is 11.5 Å². The summed E-state index contributed by atoms with van der Waals surface area (Å²) in [5, 5.41) is 3.27. The summed E-state index contributed by atoms with van der Waals surface area (Å²) in [5.41, 5.74) is 1.10. The number of rotatable bonds is 5. The molecule has 0 aliphatic rings. The topological polar surface area (TPSA) is 21.3 Å². The van der Waals surface area contributed by atoms with Crippen LogP contribution >= 0.6 is 15.9 Å². The highest BCUT2D eigenvalue weighted by molar-refractivity contribution is 9.10. The van der Waals surface area contributed by atoms with E-state index in [2.05, 4.69) is 28.2 Å². The van der Waals surface area contributed by atoms with Gasteiger partial charge in [-0.05, 0) is 53.7 Å². The Balaban J connectivity index is 2.31. The van der Waals surface area contributed by atoms with Gasteiger partial charge in [-0.3, -0.25) is 0 Å². The summed E-state index contributed by atoms with van der Waals surface area (Å²) in [6, 6.07) is 12.8. The van der Waals surface area contributed by atoms with Crippen LogP contribution in [0.1, 0.15) is 24.9 Å². The summed E-state index contributed by atoms with van der Waals surface area (Å²) in [6.07, 6.45) is 0.962. The molecule has 20 heavy (non-hydrogen) atoms. The molecule has 2 aromatic carbocycles. The number of benzene rings is 2. The summed E-state index contributed by atoms with van der Waals surface area (Å²) < 4.78 is 19.5. The van der Waals surface area contributed by atoms with E-state index in [4.69, 9.17) is 4.74 Å². The van der Waals surface area contributed by atoms with E-state index in [1.807, 2.05) is 31.3 Å². The molecule has 106 valence electrons. The predicted molar refractivity (Wildman–Crippen MR) is 82.7 cm³/mol. The van der Waals surface area contributed by atoms with Crippen LogP contribution < -0.4 is 10.1 Å². The van der Waals surface area contributed by atoms with E-state index < -0.39 is 0 Å². The Labute approximate surface area is 127 Å². The highest BCUT2D eigenvalue weighted by atomic mass is 79.9. The zero-order valence-corrected chi connectivity index (χ0v) is 13.1. The molecule has 0 fully saturated rings. The minimum absolute atomic E-state index is 0.232. The number of hydrogen-bond acceptors (Lipinski definition) is 2. The first-order valence-electron chi connectivity index (χ1n) is 6.54. The second-order valence-corrected chi connectivity index (χ2v) is 5.32. The fraction of sp³-hybridized carbons (Fsp3) is 0.250. The monoisotopic (exact) mass is 337 g/mol. The molecule has 0 amide bonds. The molecule has 0 saturated heterocycles. The van der Waals surface area contributed by atoms with E-state index in [-0.39, 0.29) is 11.9 Å². The summed E-state index contributed by atoms with van der Waals surface area (Å²) in [4.78, 5) is 0. The van der Waals surface area contributed by atoms with Gasteiger partial charge in [0.15, 0.2) is 0 Å². The Morgan fingerprint density at radius 1 is 1.25 bits per heavy atom. The minimum Gasteiger partial charge on any atom is -0.457 e. The molecule has 0 heterocycles. The van der Waals surface area contributed by atoms with Crippen LogP contribution in [0.15, 0.2) is 46.9 Å². The van der Waals surface area contributed by atoms with Crippen molar-refractivity contribution in [2.24, 2.45) is 0 Å². The van der Waals surface area contributed by atoms with Gasteiger partial charge in [0.25, 0.3) is 0 Å². The van der Waals surface area contributed by atoms with Crippen molar-refractivity contribution >= 4 is 15.9 Å². The number of nitrogens with one attached hydrogen (secondary N) is 1. The van der Waals surface area contributed by atoms with E-state index in [9.17, 15) is 4.39 Å². The molecule has 0 aliphatic carbocycles. The van der Waals surface area contributed by atoms with Crippen LogP contribution in [0.5, 0.6) is 11.5 Å². The Hall–Kier alpha value is -1.39. The third-order valence-corrected chi connectivity index (χ3v) is 3.78. The Morgan fingerprint density at radius 2 is 2.00 bits per heavy atom. The van der Waals surface area contributed by atoms with Gasteiger partial charge in [0.05, 0.1) is 4.47 Å². The van der Waals surface area contributed by atoms with Crippen molar-refractivity contribution < 1.29 is 9.13 Å². The first-order valence-corrected chi connectivity index (χ1v) is 7.34. The molecule has 1 atom stereocenters. The van der Waals surface area contributed by atoms with E-state index in [0.29, 0.717) is 10.2 Å². The van der Waals surface area contributed by atoms with Crippen LogP contribution in [0.4, 0.5) is 4.39 Å². The lowest BCUT2D eigenvalue weighted by Crippen LogP contribution is -2.15. The molecular formula is C16H17BrFNO. The maximum Gasteiger partial charge on any atom is 0.137 e. The largest absolute Gasteiger partial charge is 0.457 e. The van der Waals surface area contributed by atoms with Gasteiger partial charge in [0.2, 0.25) is 0 Å². The van der Waals surface area contributed by atoms with Crippen LogP contribution in [0.25, 0.3) is 0 Å². The fourth-order valence-corrected chi connectivity index (χ4v) is 2.47. The highest BCUT2D eigenvalue weighted by Crippen LogP contribution is 2.32. The molecule has 2 nitrogen and oxygen atoms in total. The molecule has 1 unspecified atom stereocenters. The normalized spacial score (nSPS) is 12.2. The molecule has 0 bridgehead atoms. The summed E-state index contributed by atoms with van der Waals surface area (Å²) >= 11 is 3.17. The minimum atomic E-state index is -0.299. The fourth-order valence-electron chi connectivity index (χ4n) is 2.11. The van der Waals surface area contributed by atoms with Gasteiger partial charge in [-0.25, -0.2) is 4.39 Å². The number of halogens is 2. The number of hydrogen-bond donors (Lipinski definition) is 1.